The molecule has 0 aliphatic carbocycles. The summed E-state index contributed by atoms with van der Waals surface area (Å²) in [6, 6.07) is 8.61. The van der Waals surface area contributed by atoms with Gasteiger partial charge in [-0.25, -0.2) is 9.97 Å². The van der Waals surface area contributed by atoms with Crippen LogP contribution < -0.4 is 0 Å². The van der Waals surface area contributed by atoms with E-state index in [-0.39, 0.29) is 0 Å². The topological polar surface area (TPSA) is 25.8 Å². The van der Waals surface area contributed by atoms with E-state index in [1.165, 1.54) is 16.7 Å². The number of benzene rings is 1. The zero-order valence-corrected chi connectivity index (χ0v) is 10.6. The van der Waals surface area contributed by atoms with Crippen LogP contribution in [-0.4, -0.2) is 9.97 Å². The molecule has 0 bridgehead atoms. The lowest BCUT2D eigenvalue weighted by molar-refractivity contribution is 1.23. The van der Waals surface area contributed by atoms with Gasteiger partial charge in [-0.1, -0.05) is 17.2 Å². The molecule has 0 unspecified atom stereocenters. The molecule has 0 N–H and O–H groups in total. The summed E-state index contributed by atoms with van der Waals surface area (Å²) in [5.74, 6) is 0. The second-order valence-electron chi connectivity index (χ2n) is 4.24. The van der Waals surface area contributed by atoms with E-state index in [1.807, 2.05) is 0 Å². The molecule has 3 rings (SSSR count). The summed E-state index contributed by atoms with van der Waals surface area (Å²) in [5, 5.41) is 3.20. The van der Waals surface area contributed by atoms with E-state index in [0.717, 1.165) is 15.9 Å². The average Bonchev–Trinajstić information content (AvgIpc) is 2.75. The van der Waals surface area contributed by atoms with E-state index >= 15 is 0 Å². The number of hydrogen-bond acceptors (Lipinski definition) is 3. The summed E-state index contributed by atoms with van der Waals surface area (Å²) in [4.78, 5) is 9.76. The van der Waals surface area contributed by atoms with E-state index < -0.39 is 0 Å². The van der Waals surface area contributed by atoms with Crippen LogP contribution in [0.4, 0.5) is 0 Å². The molecule has 2 heterocycles. The Morgan fingerprint density at radius 2 is 1.76 bits per heavy atom. The van der Waals surface area contributed by atoms with Gasteiger partial charge in [0, 0.05) is 10.9 Å². The van der Waals surface area contributed by atoms with Gasteiger partial charge in [0.2, 0.25) is 0 Å². The van der Waals surface area contributed by atoms with Crippen molar-refractivity contribution in [3.8, 4) is 11.3 Å². The first kappa shape index (κ1) is 10.4. The van der Waals surface area contributed by atoms with E-state index in [4.69, 9.17) is 0 Å². The molecule has 0 radical (unpaired) electrons. The van der Waals surface area contributed by atoms with Gasteiger partial charge in [-0.05, 0) is 37.4 Å². The quantitative estimate of drug-likeness (QED) is 0.643. The number of aryl methyl sites for hydroxylation is 2. The van der Waals surface area contributed by atoms with Crippen LogP contribution >= 0.6 is 11.3 Å². The van der Waals surface area contributed by atoms with Crippen molar-refractivity contribution in [2.45, 2.75) is 13.8 Å². The Morgan fingerprint density at radius 3 is 2.53 bits per heavy atom. The van der Waals surface area contributed by atoms with Gasteiger partial charge in [-0.15, -0.1) is 11.3 Å². The third kappa shape index (κ3) is 1.83. The summed E-state index contributed by atoms with van der Waals surface area (Å²) < 4.78 is 0. The maximum absolute atomic E-state index is 4.43. The molecular formula is C14H12N2S. The van der Waals surface area contributed by atoms with Crippen molar-refractivity contribution in [1.29, 1.82) is 0 Å². The van der Waals surface area contributed by atoms with E-state index in [9.17, 15) is 0 Å². The molecule has 0 fully saturated rings. The number of nitrogens with zero attached hydrogens (tertiary/aromatic N) is 2. The lowest BCUT2D eigenvalue weighted by Crippen LogP contribution is -1.88. The van der Waals surface area contributed by atoms with Crippen LogP contribution in [0.2, 0.25) is 0 Å². The predicted octanol–water partition coefficient (Wildman–Crippen LogP) is 3.98. The zero-order chi connectivity index (χ0) is 11.8. The van der Waals surface area contributed by atoms with E-state index in [1.54, 1.807) is 17.7 Å². The second-order valence-corrected chi connectivity index (χ2v) is 5.13. The van der Waals surface area contributed by atoms with Crippen molar-refractivity contribution < 1.29 is 0 Å². The Bertz CT molecular complexity index is 665. The van der Waals surface area contributed by atoms with Crippen LogP contribution in [0.25, 0.3) is 21.5 Å². The Kier molecular flexibility index (Phi) is 2.41. The van der Waals surface area contributed by atoms with Crippen LogP contribution in [-0.2, 0) is 0 Å². The summed E-state index contributed by atoms with van der Waals surface area (Å²) in [6.07, 6.45) is 1.64. The van der Waals surface area contributed by atoms with Crippen LogP contribution in [0, 0.1) is 13.8 Å². The largest absolute Gasteiger partial charge is 0.236 e. The van der Waals surface area contributed by atoms with Gasteiger partial charge in [0.05, 0.1) is 5.69 Å². The molecule has 0 saturated carbocycles. The van der Waals surface area contributed by atoms with Crippen molar-refractivity contribution in [1.82, 2.24) is 9.97 Å². The van der Waals surface area contributed by atoms with Gasteiger partial charge >= 0.3 is 0 Å². The van der Waals surface area contributed by atoms with E-state index in [0.29, 0.717) is 0 Å². The molecule has 84 valence electrons. The first-order valence-electron chi connectivity index (χ1n) is 5.51. The monoisotopic (exact) mass is 240 g/mol. The lowest BCUT2D eigenvalue weighted by atomic mass is 10.0. The third-order valence-corrected chi connectivity index (χ3v) is 3.58. The van der Waals surface area contributed by atoms with Gasteiger partial charge in [-0.3, -0.25) is 0 Å². The van der Waals surface area contributed by atoms with Crippen molar-refractivity contribution in [2.24, 2.45) is 0 Å². The molecule has 0 aliphatic rings. The summed E-state index contributed by atoms with van der Waals surface area (Å²) in [6.45, 7) is 4.23. The second kappa shape index (κ2) is 3.93. The third-order valence-electron chi connectivity index (χ3n) is 2.76. The number of aromatic nitrogens is 2. The summed E-state index contributed by atoms with van der Waals surface area (Å²) in [5.41, 5.74) is 4.74. The molecule has 1 aromatic carbocycles. The number of hydrogen-bond donors (Lipinski definition) is 0. The van der Waals surface area contributed by atoms with Crippen LogP contribution in [0.15, 0.2) is 36.0 Å². The van der Waals surface area contributed by atoms with Crippen molar-refractivity contribution in [2.75, 3.05) is 0 Å². The first-order chi connectivity index (χ1) is 8.24. The molecule has 2 aromatic heterocycles. The average molecular weight is 240 g/mol. The molecule has 0 atom stereocenters. The number of rotatable bonds is 1. The normalized spacial score (nSPS) is 10.9. The van der Waals surface area contributed by atoms with Gasteiger partial charge in [0.1, 0.15) is 11.2 Å². The Balaban J connectivity index is 2.30. The first-order valence-corrected chi connectivity index (χ1v) is 6.39. The molecule has 17 heavy (non-hydrogen) atoms. The fourth-order valence-electron chi connectivity index (χ4n) is 2.13. The van der Waals surface area contributed by atoms with Crippen LogP contribution in [0.5, 0.6) is 0 Å². The zero-order valence-electron chi connectivity index (χ0n) is 9.77. The summed E-state index contributed by atoms with van der Waals surface area (Å²) >= 11 is 1.65. The minimum Gasteiger partial charge on any atom is -0.236 e. The highest BCUT2D eigenvalue weighted by atomic mass is 32.1. The number of fused-ring (bicyclic) bond motifs is 1. The smallest absolute Gasteiger partial charge is 0.127 e. The predicted molar refractivity (Wildman–Crippen MR) is 72.3 cm³/mol. The fraction of sp³-hybridized carbons (Fsp3) is 0.143. The minimum absolute atomic E-state index is 1.03. The summed E-state index contributed by atoms with van der Waals surface area (Å²) in [7, 11) is 0. The van der Waals surface area contributed by atoms with Crippen molar-refractivity contribution in [3.63, 3.8) is 0 Å². The maximum Gasteiger partial charge on any atom is 0.127 e. The highest BCUT2D eigenvalue weighted by molar-refractivity contribution is 7.16. The number of thiophene rings is 1. The molecule has 3 aromatic rings. The van der Waals surface area contributed by atoms with Crippen molar-refractivity contribution in [3.05, 3.63) is 47.1 Å². The molecule has 0 aliphatic heterocycles. The Labute approximate surface area is 104 Å². The van der Waals surface area contributed by atoms with Gasteiger partial charge in [0.25, 0.3) is 0 Å². The SMILES string of the molecule is Cc1cc(C)cc(-c2ncnc3sccc23)c1. The molecular weight excluding hydrogens is 228 g/mol. The molecule has 0 amide bonds. The molecule has 3 heteroatoms. The minimum atomic E-state index is 1.03. The van der Waals surface area contributed by atoms with Gasteiger partial charge in [0.15, 0.2) is 0 Å². The maximum atomic E-state index is 4.43. The highest BCUT2D eigenvalue weighted by Gasteiger charge is 2.07. The highest BCUT2D eigenvalue weighted by Crippen LogP contribution is 2.29. The Morgan fingerprint density at radius 1 is 1.00 bits per heavy atom. The van der Waals surface area contributed by atoms with E-state index in [2.05, 4.69) is 53.5 Å². The molecule has 0 spiro atoms. The van der Waals surface area contributed by atoms with Gasteiger partial charge < -0.3 is 0 Å². The Hall–Kier alpha value is -1.74. The lowest BCUT2D eigenvalue weighted by Gasteiger charge is -2.05. The standard InChI is InChI=1S/C14H12N2S/c1-9-5-10(2)7-11(6-9)13-12-3-4-17-14(12)16-8-15-13/h3-8H,1-2H3. The molecule has 0 saturated heterocycles. The molecule has 2 nitrogen and oxygen atoms in total. The van der Waals surface area contributed by atoms with Gasteiger partial charge in [-0.2, -0.15) is 0 Å². The van der Waals surface area contributed by atoms with Crippen LogP contribution in [0.1, 0.15) is 11.1 Å². The fourth-order valence-corrected chi connectivity index (χ4v) is 2.86. The van der Waals surface area contributed by atoms with Crippen molar-refractivity contribution >= 4 is 21.6 Å². The van der Waals surface area contributed by atoms with Crippen LogP contribution in [0.3, 0.4) is 0 Å².